The Morgan fingerprint density at radius 1 is 1.19 bits per heavy atom. The Labute approximate surface area is 156 Å². The quantitative estimate of drug-likeness (QED) is 0.561. The molecule has 2 aromatic carbocycles. The molecule has 0 saturated heterocycles. The number of rotatable bonds is 5. The highest BCUT2D eigenvalue weighted by molar-refractivity contribution is 7.11. The number of nitrogens with zero attached hydrogens (tertiary/aromatic N) is 2. The van der Waals surface area contributed by atoms with Crippen molar-refractivity contribution in [2.45, 2.75) is 19.8 Å². The van der Waals surface area contributed by atoms with Crippen molar-refractivity contribution >= 4 is 22.6 Å². The van der Waals surface area contributed by atoms with Crippen molar-refractivity contribution in [3.63, 3.8) is 0 Å². The summed E-state index contributed by atoms with van der Waals surface area (Å²) in [5, 5.41) is 15.2. The van der Waals surface area contributed by atoms with Crippen molar-refractivity contribution in [1.29, 1.82) is 5.26 Å². The molecule has 1 aromatic heterocycles. The molecule has 1 heterocycles. The van der Waals surface area contributed by atoms with E-state index >= 15 is 0 Å². The summed E-state index contributed by atoms with van der Waals surface area (Å²) in [4.78, 5) is 4.52. The summed E-state index contributed by atoms with van der Waals surface area (Å²) in [7, 11) is 0. The van der Waals surface area contributed by atoms with E-state index in [0.29, 0.717) is 16.5 Å². The Bertz CT molecular complexity index is 965. The molecule has 0 saturated carbocycles. The summed E-state index contributed by atoms with van der Waals surface area (Å²) in [6.45, 7) is 4.26. The van der Waals surface area contributed by atoms with Crippen LogP contribution in [0.15, 0.2) is 60.1 Å². The number of anilines is 1. The molecule has 0 atom stereocenters. The Hall–Kier alpha value is -2.97. The first-order valence-corrected chi connectivity index (χ1v) is 9.14. The van der Waals surface area contributed by atoms with Crippen LogP contribution in [0.4, 0.5) is 10.1 Å². The molecule has 0 radical (unpaired) electrons. The molecule has 130 valence electrons. The third-order valence-corrected chi connectivity index (χ3v) is 4.83. The van der Waals surface area contributed by atoms with E-state index in [-0.39, 0.29) is 5.82 Å². The summed E-state index contributed by atoms with van der Waals surface area (Å²) in [5.41, 5.74) is 4.18. The number of benzene rings is 2. The third-order valence-electron chi connectivity index (χ3n) is 3.95. The molecule has 0 unspecified atom stereocenters. The van der Waals surface area contributed by atoms with E-state index in [2.05, 4.69) is 36.3 Å². The van der Waals surface area contributed by atoms with Crippen LogP contribution in [0.1, 0.15) is 30.3 Å². The van der Waals surface area contributed by atoms with Gasteiger partial charge in [0.15, 0.2) is 0 Å². The van der Waals surface area contributed by atoms with E-state index in [1.54, 1.807) is 18.3 Å². The van der Waals surface area contributed by atoms with Crippen molar-refractivity contribution < 1.29 is 4.39 Å². The molecule has 3 rings (SSSR count). The number of halogens is 1. The van der Waals surface area contributed by atoms with Gasteiger partial charge in [-0.15, -0.1) is 11.3 Å². The van der Waals surface area contributed by atoms with Crippen molar-refractivity contribution in [1.82, 2.24) is 4.98 Å². The minimum absolute atomic E-state index is 0.283. The van der Waals surface area contributed by atoms with Gasteiger partial charge in [0.1, 0.15) is 22.5 Å². The first-order chi connectivity index (χ1) is 12.6. The highest BCUT2D eigenvalue weighted by atomic mass is 32.1. The molecule has 5 heteroatoms. The Balaban J connectivity index is 1.85. The van der Waals surface area contributed by atoms with Gasteiger partial charge in [0, 0.05) is 22.8 Å². The van der Waals surface area contributed by atoms with Gasteiger partial charge in [-0.2, -0.15) is 5.26 Å². The minimum Gasteiger partial charge on any atom is -0.360 e. The van der Waals surface area contributed by atoms with Crippen molar-refractivity contribution in [2.75, 3.05) is 5.32 Å². The Morgan fingerprint density at radius 2 is 1.92 bits per heavy atom. The molecule has 0 aliphatic rings. The van der Waals surface area contributed by atoms with E-state index in [0.717, 1.165) is 16.9 Å². The van der Waals surface area contributed by atoms with Gasteiger partial charge in [-0.1, -0.05) is 32.0 Å². The number of aromatic nitrogens is 1. The zero-order valence-corrected chi connectivity index (χ0v) is 15.3. The number of allylic oxidation sites excluding steroid dienone is 1. The fraction of sp³-hybridized carbons (Fsp3) is 0.143. The zero-order chi connectivity index (χ0) is 18.5. The van der Waals surface area contributed by atoms with Crippen LogP contribution in [-0.2, 0) is 0 Å². The van der Waals surface area contributed by atoms with Crippen LogP contribution >= 0.6 is 11.3 Å². The first kappa shape index (κ1) is 17.8. The molecule has 0 fully saturated rings. The van der Waals surface area contributed by atoms with Gasteiger partial charge in [-0.3, -0.25) is 0 Å². The number of para-hydroxylation sites is 1. The SMILES string of the molecule is CC(C)c1ccccc1N/C=C(/C#N)c1nc(-c2ccc(F)cc2)cs1. The van der Waals surface area contributed by atoms with Crippen LogP contribution in [-0.4, -0.2) is 4.98 Å². The number of thiazole rings is 1. The fourth-order valence-electron chi connectivity index (χ4n) is 2.57. The molecule has 26 heavy (non-hydrogen) atoms. The summed E-state index contributed by atoms with van der Waals surface area (Å²) in [5.74, 6) is 0.0948. The largest absolute Gasteiger partial charge is 0.360 e. The molecule has 3 aromatic rings. The number of hydrogen-bond acceptors (Lipinski definition) is 4. The van der Waals surface area contributed by atoms with Crippen molar-refractivity contribution in [3.05, 3.63) is 76.5 Å². The van der Waals surface area contributed by atoms with Crippen molar-refractivity contribution in [3.8, 4) is 17.3 Å². The van der Waals surface area contributed by atoms with E-state index in [9.17, 15) is 9.65 Å². The van der Waals surface area contributed by atoms with Gasteiger partial charge in [0.05, 0.1) is 5.69 Å². The molecular weight excluding hydrogens is 345 g/mol. The average molecular weight is 363 g/mol. The third kappa shape index (κ3) is 3.98. The lowest BCUT2D eigenvalue weighted by Gasteiger charge is -2.12. The predicted molar refractivity (Wildman–Crippen MR) is 105 cm³/mol. The second kappa shape index (κ2) is 7.94. The normalized spacial score (nSPS) is 11.4. The molecule has 0 bridgehead atoms. The maximum atomic E-state index is 13.1. The summed E-state index contributed by atoms with van der Waals surface area (Å²) in [6, 6.07) is 16.4. The minimum atomic E-state index is -0.283. The average Bonchev–Trinajstić information content (AvgIpc) is 3.13. The monoisotopic (exact) mass is 363 g/mol. The van der Waals surface area contributed by atoms with E-state index in [1.165, 1.54) is 29.0 Å². The maximum absolute atomic E-state index is 13.1. The van der Waals surface area contributed by atoms with E-state index in [4.69, 9.17) is 0 Å². The van der Waals surface area contributed by atoms with Gasteiger partial charge in [-0.05, 0) is 41.8 Å². The highest BCUT2D eigenvalue weighted by Crippen LogP contribution is 2.27. The topological polar surface area (TPSA) is 48.7 Å². The lowest BCUT2D eigenvalue weighted by molar-refractivity contribution is 0.628. The number of nitriles is 1. The van der Waals surface area contributed by atoms with Crippen LogP contribution < -0.4 is 5.32 Å². The molecule has 0 spiro atoms. The second-order valence-electron chi connectivity index (χ2n) is 6.10. The van der Waals surface area contributed by atoms with Crippen LogP contribution in [0.2, 0.25) is 0 Å². The molecule has 0 amide bonds. The van der Waals surface area contributed by atoms with Gasteiger partial charge in [0.2, 0.25) is 0 Å². The summed E-state index contributed by atoms with van der Waals surface area (Å²) >= 11 is 1.39. The molecular formula is C21H18FN3S. The lowest BCUT2D eigenvalue weighted by Crippen LogP contribution is -1.97. The van der Waals surface area contributed by atoms with Gasteiger partial charge in [-0.25, -0.2) is 9.37 Å². The Kier molecular flexibility index (Phi) is 5.45. The van der Waals surface area contributed by atoms with Gasteiger partial charge in [0.25, 0.3) is 0 Å². The highest BCUT2D eigenvalue weighted by Gasteiger charge is 2.10. The Morgan fingerprint density at radius 3 is 2.62 bits per heavy atom. The van der Waals surface area contributed by atoms with Crippen LogP contribution in [0.3, 0.4) is 0 Å². The van der Waals surface area contributed by atoms with Gasteiger partial charge < -0.3 is 5.32 Å². The van der Waals surface area contributed by atoms with Crippen LogP contribution in [0, 0.1) is 17.1 Å². The molecule has 0 aliphatic carbocycles. The van der Waals surface area contributed by atoms with Crippen LogP contribution in [0.5, 0.6) is 0 Å². The predicted octanol–water partition coefficient (Wildman–Crippen LogP) is 6.05. The molecule has 3 nitrogen and oxygen atoms in total. The van der Waals surface area contributed by atoms with Gasteiger partial charge >= 0.3 is 0 Å². The second-order valence-corrected chi connectivity index (χ2v) is 6.96. The fourth-order valence-corrected chi connectivity index (χ4v) is 3.37. The standard InChI is InChI=1S/C21H18FN3S/c1-14(2)18-5-3-4-6-19(18)24-12-16(11-23)21-25-20(13-26-21)15-7-9-17(22)10-8-15/h3-10,12-14,24H,1-2H3/b16-12-. The smallest absolute Gasteiger partial charge is 0.136 e. The van der Waals surface area contributed by atoms with Crippen LogP contribution in [0.25, 0.3) is 16.8 Å². The lowest BCUT2D eigenvalue weighted by atomic mass is 10.0. The maximum Gasteiger partial charge on any atom is 0.136 e. The first-order valence-electron chi connectivity index (χ1n) is 8.26. The van der Waals surface area contributed by atoms with Crippen molar-refractivity contribution in [2.24, 2.45) is 0 Å². The summed E-state index contributed by atoms with van der Waals surface area (Å²) in [6.07, 6.45) is 1.69. The molecule has 1 N–H and O–H groups in total. The number of hydrogen-bond donors (Lipinski definition) is 1. The molecule has 0 aliphatic heterocycles. The van der Waals surface area contributed by atoms with E-state index < -0.39 is 0 Å². The van der Waals surface area contributed by atoms with E-state index in [1.807, 2.05) is 23.6 Å². The summed E-state index contributed by atoms with van der Waals surface area (Å²) < 4.78 is 13.1. The number of nitrogens with one attached hydrogen (secondary N) is 1. The zero-order valence-electron chi connectivity index (χ0n) is 14.5.